The molecular weight excluding hydrogens is 176 g/mol. The van der Waals surface area contributed by atoms with E-state index in [1.165, 1.54) is 6.92 Å². The minimum absolute atomic E-state index is 0.223. The van der Waals surface area contributed by atoms with Crippen LogP contribution >= 0.6 is 0 Å². The van der Waals surface area contributed by atoms with Crippen LogP contribution in [-0.4, -0.2) is 11.6 Å². The molecule has 0 atom stereocenters. The van der Waals surface area contributed by atoms with E-state index in [0.29, 0.717) is 0 Å². The van der Waals surface area contributed by atoms with Crippen molar-refractivity contribution in [3.8, 4) is 0 Å². The van der Waals surface area contributed by atoms with E-state index in [9.17, 15) is 4.79 Å². The smallest absolute Gasteiger partial charge is 0.303 e. The van der Waals surface area contributed by atoms with Gasteiger partial charge in [-0.25, -0.2) is 0 Å². The van der Waals surface area contributed by atoms with Gasteiger partial charge in [0.15, 0.2) is 0 Å². The average molecular weight is 196 g/mol. The van der Waals surface area contributed by atoms with Gasteiger partial charge in [0.2, 0.25) is 0 Å². The minimum Gasteiger partial charge on any atom is -0.460 e. The molecule has 0 amide bonds. The largest absolute Gasteiger partial charge is 0.460 e. The summed E-state index contributed by atoms with van der Waals surface area (Å²) < 4.78 is 5.15. The molecule has 0 saturated heterocycles. The fourth-order valence-electron chi connectivity index (χ4n) is 1.16. The molecule has 14 heavy (non-hydrogen) atoms. The van der Waals surface area contributed by atoms with Crippen molar-refractivity contribution < 1.29 is 9.53 Å². The first-order chi connectivity index (χ1) is 6.33. The summed E-state index contributed by atoms with van der Waals surface area (Å²) in [4.78, 5) is 10.7. The Hall–Kier alpha value is -1.05. The maximum Gasteiger partial charge on any atom is 0.303 e. The third-order valence-corrected chi connectivity index (χ3v) is 1.74. The fourth-order valence-corrected chi connectivity index (χ4v) is 1.16. The van der Waals surface area contributed by atoms with E-state index >= 15 is 0 Å². The van der Waals surface area contributed by atoms with Gasteiger partial charge in [-0.1, -0.05) is 24.3 Å². The molecular formula is C12H20O2. The van der Waals surface area contributed by atoms with Crippen LogP contribution in [0, 0.1) is 0 Å². The van der Waals surface area contributed by atoms with Crippen molar-refractivity contribution in [1.29, 1.82) is 0 Å². The van der Waals surface area contributed by atoms with Crippen LogP contribution in [0.2, 0.25) is 0 Å². The van der Waals surface area contributed by atoms with E-state index in [0.717, 1.165) is 18.4 Å². The van der Waals surface area contributed by atoms with Gasteiger partial charge in [0.05, 0.1) is 0 Å². The summed E-state index contributed by atoms with van der Waals surface area (Å²) >= 11 is 0. The van der Waals surface area contributed by atoms with Gasteiger partial charge in [0.25, 0.3) is 0 Å². The van der Waals surface area contributed by atoms with Crippen molar-refractivity contribution >= 4 is 5.97 Å². The van der Waals surface area contributed by atoms with Gasteiger partial charge in [-0.15, -0.1) is 0 Å². The van der Waals surface area contributed by atoms with Gasteiger partial charge in [0.1, 0.15) is 5.60 Å². The van der Waals surface area contributed by atoms with Gasteiger partial charge < -0.3 is 4.74 Å². The first kappa shape index (κ1) is 12.9. The summed E-state index contributed by atoms with van der Waals surface area (Å²) in [5.74, 6) is -0.223. The number of carbonyl (C=O) groups excluding carboxylic acids is 1. The molecule has 0 saturated carbocycles. The van der Waals surface area contributed by atoms with Crippen molar-refractivity contribution in [1.82, 2.24) is 0 Å². The number of esters is 1. The summed E-state index contributed by atoms with van der Waals surface area (Å²) in [6, 6.07) is 0. The van der Waals surface area contributed by atoms with Crippen LogP contribution in [0.1, 0.15) is 40.5 Å². The van der Waals surface area contributed by atoms with Gasteiger partial charge in [0, 0.05) is 6.92 Å². The molecule has 0 aromatic rings. The molecule has 0 bridgehead atoms. The number of hydrogen-bond donors (Lipinski definition) is 0. The molecule has 80 valence electrons. The van der Waals surface area contributed by atoms with Crippen molar-refractivity contribution in [2.75, 3.05) is 0 Å². The van der Waals surface area contributed by atoms with Crippen molar-refractivity contribution in [3.05, 3.63) is 24.3 Å². The molecule has 0 N–H and O–H groups in total. The van der Waals surface area contributed by atoms with Gasteiger partial charge in [-0.05, 0) is 33.6 Å². The van der Waals surface area contributed by atoms with E-state index in [1.807, 2.05) is 32.9 Å². The third-order valence-electron chi connectivity index (χ3n) is 1.74. The average Bonchev–Trinajstić information content (AvgIpc) is 1.95. The molecule has 0 fully saturated rings. The van der Waals surface area contributed by atoms with Crippen molar-refractivity contribution in [3.63, 3.8) is 0 Å². The van der Waals surface area contributed by atoms with Crippen molar-refractivity contribution in [2.24, 2.45) is 0 Å². The van der Waals surface area contributed by atoms with Crippen LogP contribution in [0.5, 0.6) is 0 Å². The van der Waals surface area contributed by atoms with Gasteiger partial charge in [-0.2, -0.15) is 0 Å². The fraction of sp³-hybridized carbons (Fsp3) is 0.583. The standard InChI is InChI=1S/C12H20O2/c1-10(2)8-6-7-9-12(4,5)14-11(3)13/h6,8H,1,7,9H2,2-5H3/b8-6+. The normalized spacial score (nSPS) is 11.7. The molecule has 2 nitrogen and oxygen atoms in total. The van der Waals surface area contributed by atoms with E-state index in [4.69, 9.17) is 4.74 Å². The van der Waals surface area contributed by atoms with Crippen LogP contribution in [0.3, 0.4) is 0 Å². The maximum absolute atomic E-state index is 10.7. The highest BCUT2D eigenvalue weighted by atomic mass is 16.6. The number of ether oxygens (including phenoxy) is 1. The summed E-state index contributed by atoms with van der Waals surface area (Å²) in [7, 11) is 0. The topological polar surface area (TPSA) is 26.3 Å². The highest BCUT2D eigenvalue weighted by Crippen LogP contribution is 2.17. The first-order valence-electron chi connectivity index (χ1n) is 4.85. The van der Waals surface area contributed by atoms with Crippen LogP contribution in [0.25, 0.3) is 0 Å². The predicted octanol–water partition coefficient (Wildman–Crippen LogP) is 3.24. The predicted molar refractivity (Wildman–Crippen MR) is 59.0 cm³/mol. The zero-order chi connectivity index (χ0) is 11.2. The van der Waals surface area contributed by atoms with Crippen LogP contribution in [0.15, 0.2) is 24.3 Å². The van der Waals surface area contributed by atoms with Gasteiger partial charge in [-0.3, -0.25) is 4.79 Å². The first-order valence-corrected chi connectivity index (χ1v) is 4.85. The molecule has 0 heterocycles. The molecule has 2 heteroatoms. The van der Waals surface area contributed by atoms with Crippen LogP contribution < -0.4 is 0 Å². The highest BCUT2D eigenvalue weighted by Gasteiger charge is 2.19. The van der Waals surface area contributed by atoms with Crippen LogP contribution in [0.4, 0.5) is 0 Å². The van der Waals surface area contributed by atoms with E-state index in [2.05, 4.69) is 6.58 Å². The Morgan fingerprint density at radius 2 is 2.00 bits per heavy atom. The lowest BCUT2D eigenvalue weighted by atomic mass is 10.0. The highest BCUT2D eigenvalue weighted by molar-refractivity contribution is 5.66. The van der Waals surface area contributed by atoms with Crippen molar-refractivity contribution in [2.45, 2.75) is 46.1 Å². The number of hydrogen-bond acceptors (Lipinski definition) is 2. The SMILES string of the molecule is C=C(C)/C=C/CCC(C)(C)OC(C)=O. The zero-order valence-electron chi connectivity index (χ0n) is 9.59. The molecule has 0 radical (unpaired) electrons. The molecule has 0 aliphatic rings. The Morgan fingerprint density at radius 3 is 2.43 bits per heavy atom. The molecule has 0 aliphatic heterocycles. The molecule has 0 aliphatic carbocycles. The molecule has 0 aromatic heterocycles. The molecule has 0 aromatic carbocycles. The summed E-state index contributed by atoms with van der Waals surface area (Å²) in [5.41, 5.74) is 0.668. The zero-order valence-corrected chi connectivity index (χ0v) is 9.59. The molecule has 0 unspecified atom stereocenters. The molecule has 0 rings (SSSR count). The number of allylic oxidation sites excluding steroid dienone is 3. The van der Waals surface area contributed by atoms with Gasteiger partial charge >= 0.3 is 5.97 Å². The Labute approximate surface area is 86.6 Å². The second-order valence-electron chi connectivity index (χ2n) is 4.14. The Balaban J connectivity index is 3.87. The molecule has 0 spiro atoms. The number of rotatable bonds is 5. The van der Waals surface area contributed by atoms with E-state index in [1.54, 1.807) is 0 Å². The Kier molecular flexibility index (Phi) is 5.21. The lowest BCUT2D eigenvalue weighted by Crippen LogP contribution is -2.26. The Bertz CT molecular complexity index is 237. The summed E-state index contributed by atoms with van der Waals surface area (Å²) in [5, 5.41) is 0. The van der Waals surface area contributed by atoms with E-state index in [-0.39, 0.29) is 11.6 Å². The second kappa shape index (κ2) is 5.63. The minimum atomic E-state index is -0.370. The summed E-state index contributed by atoms with van der Waals surface area (Å²) in [6.45, 7) is 11.0. The lowest BCUT2D eigenvalue weighted by Gasteiger charge is -2.23. The van der Waals surface area contributed by atoms with E-state index < -0.39 is 0 Å². The third kappa shape index (κ3) is 7.59. The summed E-state index contributed by atoms with van der Waals surface area (Å²) in [6.07, 6.45) is 5.75. The lowest BCUT2D eigenvalue weighted by molar-refractivity contribution is -0.154. The Morgan fingerprint density at radius 1 is 1.43 bits per heavy atom. The second-order valence-corrected chi connectivity index (χ2v) is 4.14. The monoisotopic (exact) mass is 196 g/mol. The maximum atomic E-state index is 10.7. The van der Waals surface area contributed by atoms with Crippen LogP contribution in [-0.2, 0) is 9.53 Å². The quantitative estimate of drug-likeness (QED) is 0.498. The number of carbonyl (C=O) groups is 1.